The first-order chi connectivity index (χ1) is 8.81. The predicted octanol–water partition coefficient (Wildman–Crippen LogP) is 3.83. The summed E-state index contributed by atoms with van der Waals surface area (Å²) in [6.07, 6.45) is 3.00. The third-order valence-electron chi connectivity index (χ3n) is 2.90. The van der Waals surface area contributed by atoms with Crippen LogP contribution >= 0.6 is 11.6 Å². The molecule has 0 heterocycles. The Morgan fingerprint density at radius 3 is 2.21 bits per heavy atom. The van der Waals surface area contributed by atoms with E-state index < -0.39 is 10.0 Å². The smallest absolute Gasteiger partial charge is 0.208 e. The Hall–Kier alpha value is -0.580. The Morgan fingerprint density at radius 1 is 1.11 bits per heavy atom. The van der Waals surface area contributed by atoms with E-state index in [1.165, 1.54) is 12.1 Å². The summed E-state index contributed by atoms with van der Waals surface area (Å²) in [6.45, 7) is 6.24. The molecule has 0 saturated carbocycles. The zero-order valence-corrected chi connectivity index (χ0v) is 13.3. The third-order valence-corrected chi connectivity index (χ3v) is 4.76. The van der Waals surface area contributed by atoms with Gasteiger partial charge in [0, 0.05) is 11.1 Å². The van der Waals surface area contributed by atoms with Crippen LogP contribution in [0.15, 0.2) is 29.2 Å². The molecule has 1 atom stereocenters. The molecule has 0 bridgehead atoms. The minimum absolute atomic E-state index is 0.0561. The predicted molar refractivity (Wildman–Crippen MR) is 79.9 cm³/mol. The summed E-state index contributed by atoms with van der Waals surface area (Å²) in [4.78, 5) is 0.257. The van der Waals surface area contributed by atoms with Gasteiger partial charge in [0.05, 0.1) is 4.90 Å². The van der Waals surface area contributed by atoms with Gasteiger partial charge in [0.15, 0.2) is 0 Å². The lowest BCUT2D eigenvalue weighted by Crippen LogP contribution is -2.32. The van der Waals surface area contributed by atoms with Gasteiger partial charge in [-0.1, -0.05) is 38.3 Å². The number of hydrogen-bond donors (Lipinski definition) is 1. The van der Waals surface area contributed by atoms with Gasteiger partial charge >= 0.3 is 0 Å². The molecule has 0 fully saturated rings. The fourth-order valence-corrected chi connectivity index (χ4v) is 3.24. The maximum atomic E-state index is 12.1. The highest BCUT2D eigenvalue weighted by atomic mass is 35.5. The highest BCUT2D eigenvalue weighted by Gasteiger charge is 2.16. The molecule has 108 valence electrons. The molecule has 19 heavy (non-hydrogen) atoms. The van der Waals surface area contributed by atoms with Crippen molar-refractivity contribution in [3.63, 3.8) is 0 Å². The molecule has 0 spiro atoms. The molecule has 0 unspecified atom stereocenters. The van der Waals surface area contributed by atoms with E-state index in [4.69, 9.17) is 11.6 Å². The SMILES string of the molecule is CC(C)CCC[C@H](C)NS(=O)(=O)c1ccc(Cl)cc1. The largest absolute Gasteiger partial charge is 0.240 e. The summed E-state index contributed by atoms with van der Waals surface area (Å²) in [6, 6.07) is 6.15. The van der Waals surface area contributed by atoms with Crippen LogP contribution in [0.2, 0.25) is 5.02 Å². The molecule has 0 radical (unpaired) electrons. The molecule has 1 aromatic carbocycles. The summed E-state index contributed by atoms with van der Waals surface area (Å²) in [5.74, 6) is 0.653. The molecule has 0 aromatic heterocycles. The molecular formula is C14H22ClNO2S. The first-order valence-corrected chi connectivity index (χ1v) is 8.45. The zero-order chi connectivity index (χ0) is 14.5. The Morgan fingerprint density at radius 2 is 1.68 bits per heavy atom. The summed E-state index contributed by atoms with van der Waals surface area (Å²) >= 11 is 5.75. The molecule has 0 aliphatic carbocycles. The van der Waals surface area contributed by atoms with Gasteiger partial charge in [-0.25, -0.2) is 13.1 Å². The van der Waals surface area contributed by atoms with Gasteiger partial charge in [0.2, 0.25) is 10.0 Å². The van der Waals surface area contributed by atoms with Crippen LogP contribution in [-0.4, -0.2) is 14.5 Å². The van der Waals surface area contributed by atoms with Gasteiger partial charge in [-0.05, 0) is 43.5 Å². The lowest BCUT2D eigenvalue weighted by Gasteiger charge is -2.14. The number of benzene rings is 1. The van der Waals surface area contributed by atoms with Crippen molar-refractivity contribution in [1.82, 2.24) is 4.72 Å². The minimum atomic E-state index is -3.44. The second-order valence-corrected chi connectivity index (χ2v) is 7.45. The van der Waals surface area contributed by atoms with Crippen LogP contribution in [0.1, 0.15) is 40.0 Å². The standard InChI is InChI=1S/C14H22ClNO2S/c1-11(2)5-4-6-12(3)16-19(17,18)14-9-7-13(15)8-10-14/h7-12,16H,4-6H2,1-3H3/t12-/m0/s1. The van der Waals surface area contributed by atoms with Crippen LogP contribution in [0.4, 0.5) is 0 Å². The van der Waals surface area contributed by atoms with E-state index in [1.54, 1.807) is 12.1 Å². The monoisotopic (exact) mass is 303 g/mol. The molecule has 1 N–H and O–H groups in total. The Balaban J connectivity index is 2.57. The summed E-state index contributed by atoms with van der Waals surface area (Å²) in [7, 11) is -3.44. The van der Waals surface area contributed by atoms with Crippen molar-refractivity contribution in [3.8, 4) is 0 Å². The minimum Gasteiger partial charge on any atom is -0.208 e. The van der Waals surface area contributed by atoms with E-state index in [-0.39, 0.29) is 10.9 Å². The molecule has 0 saturated heterocycles. The summed E-state index contributed by atoms with van der Waals surface area (Å²) in [5.41, 5.74) is 0. The number of hydrogen-bond acceptors (Lipinski definition) is 2. The highest BCUT2D eigenvalue weighted by Crippen LogP contribution is 2.15. The first kappa shape index (κ1) is 16.5. The van der Waals surface area contributed by atoms with E-state index >= 15 is 0 Å². The van der Waals surface area contributed by atoms with Crippen LogP contribution in [0.3, 0.4) is 0 Å². The molecule has 0 aliphatic heterocycles. The molecule has 0 aliphatic rings. The maximum Gasteiger partial charge on any atom is 0.240 e. The number of halogens is 1. The van der Waals surface area contributed by atoms with Crippen LogP contribution in [0.5, 0.6) is 0 Å². The van der Waals surface area contributed by atoms with Crippen LogP contribution in [0, 0.1) is 5.92 Å². The van der Waals surface area contributed by atoms with E-state index in [0.717, 1.165) is 19.3 Å². The Labute approximate surface area is 121 Å². The lowest BCUT2D eigenvalue weighted by atomic mass is 10.0. The molecule has 0 amide bonds. The molecule has 1 rings (SSSR count). The fraction of sp³-hybridized carbons (Fsp3) is 0.571. The first-order valence-electron chi connectivity index (χ1n) is 6.59. The normalized spacial score (nSPS) is 13.7. The second-order valence-electron chi connectivity index (χ2n) is 5.30. The average Bonchev–Trinajstić information content (AvgIpc) is 2.28. The number of nitrogens with one attached hydrogen (secondary N) is 1. The van der Waals surface area contributed by atoms with Gasteiger partial charge < -0.3 is 0 Å². The van der Waals surface area contributed by atoms with Gasteiger partial charge in [-0.15, -0.1) is 0 Å². The highest BCUT2D eigenvalue weighted by molar-refractivity contribution is 7.89. The quantitative estimate of drug-likeness (QED) is 0.832. The van der Waals surface area contributed by atoms with Crippen LogP contribution in [0.25, 0.3) is 0 Å². The van der Waals surface area contributed by atoms with Crippen molar-refractivity contribution < 1.29 is 8.42 Å². The second kappa shape index (κ2) is 7.27. The van der Waals surface area contributed by atoms with Crippen LogP contribution in [-0.2, 0) is 10.0 Å². The summed E-state index contributed by atoms with van der Waals surface area (Å²) in [5, 5.41) is 0.531. The lowest BCUT2D eigenvalue weighted by molar-refractivity contribution is 0.488. The van der Waals surface area contributed by atoms with Gasteiger partial charge in [-0.3, -0.25) is 0 Å². The maximum absolute atomic E-state index is 12.1. The van der Waals surface area contributed by atoms with Crippen LogP contribution < -0.4 is 4.72 Å². The van der Waals surface area contributed by atoms with Crippen molar-refractivity contribution in [2.45, 2.75) is 51.0 Å². The molecule has 3 nitrogen and oxygen atoms in total. The van der Waals surface area contributed by atoms with Crippen molar-refractivity contribution >= 4 is 21.6 Å². The van der Waals surface area contributed by atoms with E-state index in [9.17, 15) is 8.42 Å². The number of sulfonamides is 1. The molecular weight excluding hydrogens is 282 g/mol. The Bertz CT molecular complexity index is 483. The fourth-order valence-electron chi connectivity index (χ4n) is 1.84. The van der Waals surface area contributed by atoms with Gasteiger partial charge in [0.1, 0.15) is 0 Å². The van der Waals surface area contributed by atoms with Crippen molar-refractivity contribution in [3.05, 3.63) is 29.3 Å². The van der Waals surface area contributed by atoms with Gasteiger partial charge in [-0.2, -0.15) is 0 Å². The third kappa shape index (κ3) is 5.93. The topological polar surface area (TPSA) is 46.2 Å². The van der Waals surface area contributed by atoms with Gasteiger partial charge in [0.25, 0.3) is 0 Å². The summed E-state index contributed by atoms with van der Waals surface area (Å²) < 4.78 is 26.9. The van der Waals surface area contributed by atoms with E-state index in [2.05, 4.69) is 18.6 Å². The van der Waals surface area contributed by atoms with E-state index in [1.807, 2.05) is 6.92 Å². The molecule has 1 aromatic rings. The van der Waals surface area contributed by atoms with E-state index in [0.29, 0.717) is 10.9 Å². The van der Waals surface area contributed by atoms with Crippen molar-refractivity contribution in [2.24, 2.45) is 5.92 Å². The van der Waals surface area contributed by atoms with Crippen molar-refractivity contribution in [2.75, 3.05) is 0 Å². The zero-order valence-electron chi connectivity index (χ0n) is 11.7. The average molecular weight is 304 g/mol. The number of rotatable bonds is 7. The Kier molecular flexibility index (Phi) is 6.30. The van der Waals surface area contributed by atoms with Crippen molar-refractivity contribution in [1.29, 1.82) is 0 Å². The molecule has 5 heteroatoms.